The van der Waals surface area contributed by atoms with E-state index in [1.54, 1.807) is 0 Å². The van der Waals surface area contributed by atoms with Crippen molar-refractivity contribution < 1.29 is 28.7 Å². The molecule has 0 spiro atoms. The van der Waals surface area contributed by atoms with Crippen molar-refractivity contribution in [3.05, 3.63) is 0 Å². The van der Waals surface area contributed by atoms with Gasteiger partial charge in [0.1, 0.15) is 13.1 Å². The molecule has 0 aromatic carbocycles. The lowest BCUT2D eigenvalue weighted by Gasteiger charge is -2.20. The Morgan fingerprint density at radius 1 is 1.00 bits per heavy atom. The Balaban J connectivity index is 4.44. The van der Waals surface area contributed by atoms with Crippen molar-refractivity contribution in [1.29, 1.82) is 0 Å². The van der Waals surface area contributed by atoms with E-state index in [1.165, 1.54) is 21.1 Å². The standard InChI is InChI=1S/C11H18N2O6/c1-8(14)12-5-4-9(15)13(6-10(16)18-2)7-11(17)19-3/h4-7H2,1-3H3,(H,12,14). The molecule has 0 fully saturated rings. The third-order valence-electron chi connectivity index (χ3n) is 2.16. The molecule has 19 heavy (non-hydrogen) atoms. The number of hydrogen-bond acceptors (Lipinski definition) is 6. The molecular formula is C11H18N2O6. The van der Waals surface area contributed by atoms with Crippen molar-refractivity contribution in [2.75, 3.05) is 33.9 Å². The molecule has 8 nitrogen and oxygen atoms in total. The van der Waals surface area contributed by atoms with Crippen molar-refractivity contribution in [2.45, 2.75) is 13.3 Å². The molecule has 0 rings (SSSR count). The van der Waals surface area contributed by atoms with E-state index in [0.717, 1.165) is 4.90 Å². The molecule has 0 aliphatic rings. The summed E-state index contributed by atoms with van der Waals surface area (Å²) in [6.45, 7) is 0.771. The second-order valence-corrected chi connectivity index (χ2v) is 3.64. The molecule has 8 heteroatoms. The second kappa shape index (κ2) is 8.90. The van der Waals surface area contributed by atoms with Gasteiger partial charge in [0.05, 0.1) is 14.2 Å². The first-order chi connectivity index (χ1) is 8.90. The number of carbonyl (C=O) groups is 4. The van der Waals surface area contributed by atoms with Gasteiger partial charge >= 0.3 is 11.9 Å². The number of amides is 2. The first-order valence-corrected chi connectivity index (χ1v) is 5.56. The van der Waals surface area contributed by atoms with Crippen molar-refractivity contribution >= 4 is 23.8 Å². The van der Waals surface area contributed by atoms with Crippen LogP contribution in [0.25, 0.3) is 0 Å². The molecule has 0 heterocycles. The van der Waals surface area contributed by atoms with Gasteiger partial charge in [0.25, 0.3) is 0 Å². The Bertz CT molecular complexity index is 337. The topological polar surface area (TPSA) is 102 Å². The van der Waals surface area contributed by atoms with Gasteiger partial charge in [-0.05, 0) is 0 Å². The van der Waals surface area contributed by atoms with Crippen LogP contribution in [-0.4, -0.2) is 62.5 Å². The lowest BCUT2D eigenvalue weighted by Crippen LogP contribution is -2.41. The van der Waals surface area contributed by atoms with Gasteiger partial charge in [-0.2, -0.15) is 0 Å². The predicted octanol–water partition coefficient (Wildman–Crippen LogP) is -1.31. The number of nitrogens with zero attached hydrogens (tertiary/aromatic N) is 1. The minimum absolute atomic E-state index is 0.0203. The zero-order chi connectivity index (χ0) is 14.8. The molecule has 0 aromatic heterocycles. The molecule has 0 saturated heterocycles. The van der Waals surface area contributed by atoms with Crippen LogP contribution in [0.3, 0.4) is 0 Å². The largest absolute Gasteiger partial charge is 0.468 e. The molecule has 0 atom stereocenters. The lowest BCUT2D eigenvalue weighted by molar-refractivity contribution is -0.152. The van der Waals surface area contributed by atoms with E-state index in [2.05, 4.69) is 14.8 Å². The molecule has 0 unspecified atom stereocenters. The van der Waals surface area contributed by atoms with Crippen molar-refractivity contribution in [1.82, 2.24) is 10.2 Å². The van der Waals surface area contributed by atoms with Gasteiger partial charge in [0.2, 0.25) is 11.8 Å². The minimum Gasteiger partial charge on any atom is -0.468 e. The number of hydrogen-bond donors (Lipinski definition) is 1. The van der Waals surface area contributed by atoms with Gasteiger partial charge in [-0.25, -0.2) is 0 Å². The number of carbonyl (C=O) groups excluding carboxylic acids is 4. The maximum Gasteiger partial charge on any atom is 0.325 e. The van der Waals surface area contributed by atoms with E-state index in [-0.39, 0.29) is 32.0 Å². The SMILES string of the molecule is COC(=O)CN(CC(=O)OC)C(=O)CCNC(C)=O. The molecule has 1 N–H and O–H groups in total. The quantitative estimate of drug-likeness (QED) is 0.578. The Kier molecular flexibility index (Phi) is 7.90. The van der Waals surface area contributed by atoms with Crippen molar-refractivity contribution in [2.24, 2.45) is 0 Å². The Morgan fingerprint density at radius 2 is 1.47 bits per heavy atom. The smallest absolute Gasteiger partial charge is 0.325 e. The van der Waals surface area contributed by atoms with Gasteiger partial charge in [-0.1, -0.05) is 0 Å². The maximum absolute atomic E-state index is 11.8. The first-order valence-electron chi connectivity index (χ1n) is 5.56. The average Bonchev–Trinajstić information content (AvgIpc) is 2.36. The van der Waals surface area contributed by atoms with E-state index >= 15 is 0 Å². The van der Waals surface area contributed by atoms with E-state index in [0.29, 0.717) is 0 Å². The van der Waals surface area contributed by atoms with Gasteiger partial charge in [-0.15, -0.1) is 0 Å². The fourth-order valence-corrected chi connectivity index (χ4v) is 1.18. The van der Waals surface area contributed by atoms with Crippen LogP contribution >= 0.6 is 0 Å². The fraction of sp³-hybridized carbons (Fsp3) is 0.636. The highest BCUT2D eigenvalue weighted by atomic mass is 16.5. The Morgan fingerprint density at radius 3 is 1.84 bits per heavy atom. The van der Waals surface area contributed by atoms with Crippen LogP contribution < -0.4 is 5.32 Å². The van der Waals surface area contributed by atoms with Crippen molar-refractivity contribution in [3.63, 3.8) is 0 Å². The van der Waals surface area contributed by atoms with Crippen LogP contribution in [-0.2, 0) is 28.7 Å². The zero-order valence-electron chi connectivity index (χ0n) is 11.2. The number of ether oxygens (including phenoxy) is 2. The molecule has 0 aromatic rings. The Labute approximate surface area is 111 Å². The van der Waals surface area contributed by atoms with Gasteiger partial charge in [-0.3, -0.25) is 19.2 Å². The Hall–Kier alpha value is -2.12. The summed E-state index contributed by atoms with van der Waals surface area (Å²) in [4.78, 5) is 45.7. The predicted molar refractivity (Wildman–Crippen MR) is 63.9 cm³/mol. The molecule has 0 radical (unpaired) electrons. The normalized spacial score (nSPS) is 9.42. The molecule has 0 aliphatic heterocycles. The summed E-state index contributed by atoms with van der Waals surface area (Å²) in [6.07, 6.45) is -0.0203. The van der Waals surface area contributed by atoms with E-state index in [4.69, 9.17) is 0 Å². The monoisotopic (exact) mass is 274 g/mol. The number of nitrogens with one attached hydrogen (secondary N) is 1. The first kappa shape index (κ1) is 16.9. The van der Waals surface area contributed by atoms with Crippen LogP contribution in [0, 0.1) is 0 Å². The summed E-state index contributed by atoms with van der Waals surface area (Å²) in [5.41, 5.74) is 0. The molecule has 2 amide bonds. The summed E-state index contributed by atoms with van der Waals surface area (Å²) in [5, 5.41) is 2.45. The van der Waals surface area contributed by atoms with Crippen LogP contribution in [0.1, 0.15) is 13.3 Å². The van der Waals surface area contributed by atoms with Gasteiger partial charge in [0, 0.05) is 19.9 Å². The van der Waals surface area contributed by atoms with E-state index in [1.807, 2.05) is 0 Å². The number of esters is 2. The highest BCUT2D eigenvalue weighted by molar-refractivity contribution is 5.86. The van der Waals surface area contributed by atoms with Crippen molar-refractivity contribution in [3.8, 4) is 0 Å². The van der Waals surface area contributed by atoms with E-state index in [9.17, 15) is 19.2 Å². The molecule has 108 valence electrons. The fourth-order valence-electron chi connectivity index (χ4n) is 1.18. The second-order valence-electron chi connectivity index (χ2n) is 3.64. The van der Waals surface area contributed by atoms with Crippen LogP contribution in [0.2, 0.25) is 0 Å². The number of rotatable bonds is 7. The summed E-state index contributed by atoms with van der Waals surface area (Å²) in [7, 11) is 2.36. The maximum atomic E-state index is 11.8. The summed E-state index contributed by atoms with van der Waals surface area (Å²) < 4.78 is 8.87. The molecule has 0 saturated carbocycles. The summed E-state index contributed by atoms with van der Waals surface area (Å²) in [5.74, 6) is -2.00. The zero-order valence-corrected chi connectivity index (χ0v) is 11.2. The average molecular weight is 274 g/mol. The third-order valence-corrected chi connectivity index (χ3v) is 2.16. The van der Waals surface area contributed by atoms with Crippen LogP contribution in [0.4, 0.5) is 0 Å². The number of methoxy groups -OCH3 is 2. The highest BCUT2D eigenvalue weighted by Gasteiger charge is 2.20. The van der Waals surface area contributed by atoms with E-state index < -0.39 is 17.8 Å². The highest BCUT2D eigenvalue weighted by Crippen LogP contribution is 1.96. The third kappa shape index (κ3) is 7.74. The minimum atomic E-state index is -0.642. The molecule has 0 aliphatic carbocycles. The lowest BCUT2D eigenvalue weighted by atomic mass is 10.3. The summed E-state index contributed by atoms with van der Waals surface area (Å²) >= 11 is 0. The van der Waals surface area contributed by atoms with Gasteiger partial charge < -0.3 is 19.7 Å². The van der Waals surface area contributed by atoms with Crippen LogP contribution in [0.15, 0.2) is 0 Å². The molecular weight excluding hydrogens is 256 g/mol. The molecule has 0 bridgehead atoms. The summed E-state index contributed by atoms with van der Waals surface area (Å²) in [6, 6.07) is 0. The van der Waals surface area contributed by atoms with Gasteiger partial charge in [0.15, 0.2) is 0 Å². The van der Waals surface area contributed by atoms with Crippen LogP contribution in [0.5, 0.6) is 0 Å².